The molecule has 0 atom stereocenters. The minimum atomic E-state index is -0.275. The zero-order chi connectivity index (χ0) is 11.3. The number of hydrogen-bond donors (Lipinski definition) is 1. The summed E-state index contributed by atoms with van der Waals surface area (Å²) in [6, 6.07) is 5.27. The van der Waals surface area contributed by atoms with Crippen LogP contribution in [0.3, 0.4) is 0 Å². The molecule has 0 fully saturated rings. The summed E-state index contributed by atoms with van der Waals surface area (Å²) in [7, 11) is 0. The molecule has 0 bridgehead atoms. The lowest BCUT2D eigenvalue weighted by Gasteiger charge is -2.09. The van der Waals surface area contributed by atoms with Gasteiger partial charge in [0.1, 0.15) is 5.82 Å². The lowest BCUT2D eigenvalue weighted by molar-refractivity contribution is 0.621. The van der Waals surface area contributed by atoms with Crippen molar-refractivity contribution in [1.29, 1.82) is 5.26 Å². The molecule has 0 amide bonds. The van der Waals surface area contributed by atoms with E-state index in [1.165, 1.54) is 6.07 Å². The van der Waals surface area contributed by atoms with Crippen LogP contribution in [0.15, 0.2) is 16.6 Å². The third-order valence-corrected chi connectivity index (χ3v) is 2.66. The average molecular weight is 271 g/mol. The van der Waals surface area contributed by atoms with Crippen molar-refractivity contribution < 1.29 is 4.39 Å². The van der Waals surface area contributed by atoms with Crippen LogP contribution >= 0.6 is 15.9 Å². The quantitative estimate of drug-likeness (QED) is 0.849. The fourth-order valence-corrected chi connectivity index (χ4v) is 1.69. The Hall–Kier alpha value is -1.08. The molecule has 1 N–H and O–H groups in total. The highest BCUT2D eigenvalue weighted by Gasteiger charge is 2.04. The molecule has 1 aromatic rings. The number of halogens is 2. The number of nitriles is 1. The van der Waals surface area contributed by atoms with Crippen LogP contribution in [-0.2, 0) is 0 Å². The maximum Gasteiger partial charge on any atom is 0.139 e. The minimum Gasteiger partial charge on any atom is -0.385 e. The van der Waals surface area contributed by atoms with E-state index in [2.05, 4.69) is 27.3 Å². The maximum atomic E-state index is 13.2. The number of nitrogens with one attached hydrogen (secondary N) is 1. The molecule has 80 valence electrons. The number of hydrogen-bond acceptors (Lipinski definition) is 2. The van der Waals surface area contributed by atoms with E-state index in [9.17, 15) is 4.39 Å². The first kappa shape index (κ1) is 12.0. The van der Waals surface area contributed by atoms with Crippen LogP contribution < -0.4 is 5.32 Å². The molecule has 0 aliphatic carbocycles. The molecule has 0 aliphatic heterocycles. The Bertz CT molecular complexity index is 385. The summed E-state index contributed by atoms with van der Waals surface area (Å²) < 4.78 is 13.7. The summed E-state index contributed by atoms with van der Waals surface area (Å²) in [5.74, 6) is -0.275. The summed E-state index contributed by atoms with van der Waals surface area (Å²) in [4.78, 5) is 0. The van der Waals surface area contributed by atoms with Crippen LogP contribution in [0.1, 0.15) is 18.4 Å². The molecule has 0 aromatic heterocycles. The van der Waals surface area contributed by atoms with Crippen LogP contribution in [0.4, 0.5) is 10.1 Å². The Labute approximate surface area is 97.2 Å². The molecule has 0 saturated heterocycles. The number of aryl methyl sites for hydroxylation is 1. The number of unbranched alkanes of at least 4 members (excludes halogenated alkanes) is 1. The van der Waals surface area contributed by atoms with Gasteiger partial charge in [-0.15, -0.1) is 0 Å². The van der Waals surface area contributed by atoms with Gasteiger partial charge in [0.15, 0.2) is 0 Å². The Morgan fingerprint density at radius 2 is 2.27 bits per heavy atom. The van der Waals surface area contributed by atoms with Crippen LogP contribution in [-0.4, -0.2) is 6.54 Å². The zero-order valence-corrected chi connectivity index (χ0v) is 10.1. The topological polar surface area (TPSA) is 35.8 Å². The summed E-state index contributed by atoms with van der Waals surface area (Å²) in [5, 5.41) is 11.5. The Balaban J connectivity index is 2.62. The molecule has 2 nitrogen and oxygen atoms in total. The first-order valence-electron chi connectivity index (χ1n) is 4.71. The zero-order valence-electron chi connectivity index (χ0n) is 8.48. The van der Waals surface area contributed by atoms with E-state index in [1.807, 2.05) is 6.92 Å². The van der Waals surface area contributed by atoms with Crippen LogP contribution in [0.25, 0.3) is 0 Å². The van der Waals surface area contributed by atoms with Crippen molar-refractivity contribution in [1.82, 2.24) is 0 Å². The standard InChI is InChI=1S/C11H12BrFN2/c1-8-6-9(12)10(13)7-11(8)15-5-3-2-4-14/h6-7,15H,2-3,5H2,1H3. The van der Waals surface area contributed by atoms with E-state index in [-0.39, 0.29) is 5.82 Å². The van der Waals surface area contributed by atoms with Gasteiger partial charge in [0, 0.05) is 18.7 Å². The van der Waals surface area contributed by atoms with Crippen LogP contribution in [0.2, 0.25) is 0 Å². The van der Waals surface area contributed by atoms with Gasteiger partial charge < -0.3 is 5.32 Å². The molecule has 1 aromatic carbocycles. The van der Waals surface area contributed by atoms with Crippen molar-refractivity contribution >= 4 is 21.6 Å². The van der Waals surface area contributed by atoms with Gasteiger partial charge in [0.25, 0.3) is 0 Å². The van der Waals surface area contributed by atoms with Crippen molar-refractivity contribution in [3.05, 3.63) is 28.0 Å². The lowest BCUT2D eigenvalue weighted by Crippen LogP contribution is -2.03. The van der Waals surface area contributed by atoms with E-state index >= 15 is 0 Å². The minimum absolute atomic E-state index is 0.275. The van der Waals surface area contributed by atoms with E-state index in [0.717, 1.165) is 17.7 Å². The fraction of sp³-hybridized carbons (Fsp3) is 0.364. The number of nitrogens with zero attached hydrogens (tertiary/aromatic N) is 1. The number of anilines is 1. The van der Waals surface area contributed by atoms with Gasteiger partial charge >= 0.3 is 0 Å². The van der Waals surface area contributed by atoms with E-state index < -0.39 is 0 Å². The molecule has 1 rings (SSSR count). The number of rotatable bonds is 4. The predicted molar refractivity (Wildman–Crippen MR) is 62.2 cm³/mol. The van der Waals surface area contributed by atoms with Gasteiger partial charge in [-0.1, -0.05) is 0 Å². The van der Waals surface area contributed by atoms with Crippen molar-refractivity contribution in [3.63, 3.8) is 0 Å². The summed E-state index contributed by atoms with van der Waals surface area (Å²) >= 11 is 3.13. The molecule has 0 heterocycles. The second-order valence-corrected chi connectivity index (χ2v) is 4.12. The SMILES string of the molecule is Cc1cc(Br)c(F)cc1NCCCC#N. The smallest absolute Gasteiger partial charge is 0.139 e. The molecule has 0 radical (unpaired) electrons. The predicted octanol–water partition coefficient (Wildman–Crippen LogP) is 3.61. The fourth-order valence-electron chi connectivity index (χ4n) is 1.23. The third kappa shape index (κ3) is 3.52. The number of benzene rings is 1. The summed E-state index contributed by atoms with van der Waals surface area (Å²) in [6.07, 6.45) is 1.29. The Morgan fingerprint density at radius 1 is 1.53 bits per heavy atom. The largest absolute Gasteiger partial charge is 0.385 e. The molecule has 15 heavy (non-hydrogen) atoms. The highest BCUT2D eigenvalue weighted by atomic mass is 79.9. The molecule has 0 spiro atoms. The molecule has 0 unspecified atom stereocenters. The molecular formula is C11H12BrFN2. The van der Waals surface area contributed by atoms with Gasteiger partial charge in [0.05, 0.1) is 10.5 Å². The molecule has 0 aliphatic rings. The van der Waals surface area contributed by atoms with Gasteiger partial charge in [-0.05, 0) is 47.0 Å². The maximum absolute atomic E-state index is 13.2. The third-order valence-electron chi connectivity index (χ3n) is 2.05. The second kappa shape index (κ2) is 5.72. The average Bonchev–Trinajstić information content (AvgIpc) is 2.20. The monoisotopic (exact) mass is 270 g/mol. The van der Waals surface area contributed by atoms with Crippen LogP contribution in [0, 0.1) is 24.1 Å². The van der Waals surface area contributed by atoms with Gasteiger partial charge in [-0.2, -0.15) is 5.26 Å². The van der Waals surface area contributed by atoms with Gasteiger partial charge in [0.2, 0.25) is 0 Å². The van der Waals surface area contributed by atoms with E-state index in [4.69, 9.17) is 5.26 Å². The highest BCUT2D eigenvalue weighted by molar-refractivity contribution is 9.10. The van der Waals surface area contributed by atoms with Crippen molar-refractivity contribution in [2.45, 2.75) is 19.8 Å². The van der Waals surface area contributed by atoms with E-state index in [0.29, 0.717) is 17.4 Å². The first-order chi connectivity index (χ1) is 7.15. The van der Waals surface area contributed by atoms with Gasteiger partial charge in [-0.25, -0.2) is 4.39 Å². The van der Waals surface area contributed by atoms with Gasteiger partial charge in [-0.3, -0.25) is 0 Å². The highest BCUT2D eigenvalue weighted by Crippen LogP contribution is 2.23. The molecule has 0 saturated carbocycles. The van der Waals surface area contributed by atoms with Crippen molar-refractivity contribution in [2.24, 2.45) is 0 Å². The lowest BCUT2D eigenvalue weighted by atomic mass is 10.2. The first-order valence-corrected chi connectivity index (χ1v) is 5.51. The van der Waals surface area contributed by atoms with Crippen LogP contribution in [0.5, 0.6) is 0 Å². The Kier molecular flexibility index (Phi) is 4.57. The van der Waals surface area contributed by atoms with Crippen molar-refractivity contribution in [3.8, 4) is 6.07 Å². The summed E-state index contributed by atoms with van der Waals surface area (Å²) in [6.45, 7) is 2.60. The second-order valence-electron chi connectivity index (χ2n) is 3.27. The Morgan fingerprint density at radius 3 is 2.93 bits per heavy atom. The summed E-state index contributed by atoms with van der Waals surface area (Å²) in [5.41, 5.74) is 1.77. The normalized spacial score (nSPS) is 9.73. The molecular weight excluding hydrogens is 259 g/mol. The van der Waals surface area contributed by atoms with E-state index in [1.54, 1.807) is 6.07 Å². The van der Waals surface area contributed by atoms with Crippen molar-refractivity contribution in [2.75, 3.05) is 11.9 Å². The molecule has 4 heteroatoms.